The molecule has 1 spiro atoms. The third-order valence-corrected chi connectivity index (χ3v) is 6.79. The molecule has 1 N–H and O–H groups in total. The molecule has 4 unspecified atom stereocenters. The number of carbonyl (C=O) groups excluding carboxylic acids is 1. The van der Waals surface area contributed by atoms with Crippen LogP contribution in [-0.2, 0) is 6.61 Å². The molecule has 3 aliphatic carbocycles. The summed E-state index contributed by atoms with van der Waals surface area (Å²) in [7, 11) is 0. The van der Waals surface area contributed by atoms with Crippen molar-refractivity contribution in [1.82, 2.24) is 10.3 Å². The maximum atomic E-state index is 12.8. The van der Waals surface area contributed by atoms with Gasteiger partial charge in [-0.2, -0.15) is 0 Å². The van der Waals surface area contributed by atoms with E-state index in [0.29, 0.717) is 29.4 Å². The van der Waals surface area contributed by atoms with E-state index in [1.165, 1.54) is 19.3 Å². The van der Waals surface area contributed by atoms with Crippen molar-refractivity contribution in [3.63, 3.8) is 0 Å². The number of nitrogens with one attached hydrogen (secondary N) is 1. The third-order valence-electron chi connectivity index (χ3n) is 6.79. The Morgan fingerprint density at radius 2 is 2.00 bits per heavy atom. The number of fused-ring (bicyclic) bond motifs is 1. The van der Waals surface area contributed by atoms with E-state index in [1.54, 1.807) is 12.3 Å². The van der Waals surface area contributed by atoms with E-state index in [1.807, 2.05) is 36.4 Å². The van der Waals surface area contributed by atoms with Crippen molar-refractivity contribution in [1.29, 1.82) is 0 Å². The molecule has 4 heteroatoms. The molecule has 4 nitrogen and oxygen atoms in total. The van der Waals surface area contributed by atoms with Crippen LogP contribution in [-0.4, -0.2) is 16.4 Å². The number of rotatable bonds is 5. The molecule has 2 bridgehead atoms. The van der Waals surface area contributed by atoms with Crippen LogP contribution in [0.1, 0.15) is 54.9 Å². The van der Waals surface area contributed by atoms with E-state index in [9.17, 15) is 4.79 Å². The Kier molecular flexibility index (Phi) is 3.78. The highest BCUT2D eigenvalue weighted by Crippen LogP contribution is 2.73. The highest BCUT2D eigenvalue weighted by Gasteiger charge is 2.67. The van der Waals surface area contributed by atoms with Gasteiger partial charge in [-0.05, 0) is 61.0 Å². The minimum atomic E-state index is 0.00246. The van der Waals surface area contributed by atoms with Crippen LogP contribution in [0.25, 0.3) is 0 Å². The molecule has 3 fully saturated rings. The largest absolute Gasteiger partial charge is 0.473 e. The van der Waals surface area contributed by atoms with Crippen LogP contribution in [0.15, 0.2) is 48.7 Å². The van der Waals surface area contributed by atoms with Gasteiger partial charge in [-0.25, -0.2) is 4.98 Å². The molecular formula is C23H26N2O2. The van der Waals surface area contributed by atoms with E-state index in [-0.39, 0.29) is 11.4 Å². The normalized spacial score (nSPS) is 33.2. The average molecular weight is 362 g/mol. The SMILES string of the molecule is CC1CC2(NC(=O)c3ccc(OCc4ccccc4)nc3)CC3CC3(C1)C2. The minimum Gasteiger partial charge on any atom is -0.473 e. The molecule has 3 aliphatic rings. The summed E-state index contributed by atoms with van der Waals surface area (Å²) >= 11 is 0. The summed E-state index contributed by atoms with van der Waals surface area (Å²) in [6, 6.07) is 13.6. The molecule has 0 aliphatic heterocycles. The highest BCUT2D eigenvalue weighted by atomic mass is 16.5. The van der Waals surface area contributed by atoms with Crippen molar-refractivity contribution < 1.29 is 9.53 Å². The van der Waals surface area contributed by atoms with Crippen molar-refractivity contribution in [3.05, 3.63) is 59.8 Å². The molecule has 1 aromatic carbocycles. The molecule has 0 saturated heterocycles. The van der Waals surface area contributed by atoms with Gasteiger partial charge in [0.05, 0.1) is 5.56 Å². The molecular weight excluding hydrogens is 336 g/mol. The quantitative estimate of drug-likeness (QED) is 0.860. The molecule has 5 rings (SSSR count). The van der Waals surface area contributed by atoms with E-state index >= 15 is 0 Å². The summed E-state index contributed by atoms with van der Waals surface area (Å²) in [4.78, 5) is 17.1. The number of benzene rings is 1. The Bertz CT molecular complexity index is 846. The first kappa shape index (κ1) is 16.8. The first-order valence-corrected chi connectivity index (χ1v) is 10.0. The van der Waals surface area contributed by atoms with Crippen LogP contribution >= 0.6 is 0 Å². The number of pyridine rings is 1. The van der Waals surface area contributed by atoms with Crippen molar-refractivity contribution in [2.75, 3.05) is 0 Å². The number of hydrogen-bond donors (Lipinski definition) is 1. The molecule has 1 amide bonds. The predicted octanol–water partition coefficient (Wildman–Crippen LogP) is 4.36. The zero-order chi connectivity index (χ0) is 18.5. The fourth-order valence-corrected chi connectivity index (χ4v) is 5.86. The van der Waals surface area contributed by atoms with E-state index in [4.69, 9.17) is 4.74 Å². The number of ether oxygens (including phenoxy) is 1. The fourth-order valence-electron chi connectivity index (χ4n) is 5.86. The molecule has 140 valence electrons. The second-order valence-corrected chi connectivity index (χ2v) is 9.05. The van der Waals surface area contributed by atoms with Gasteiger partial charge in [-0.3, -0.25) is 4.79 Å². The summed E-state index contributed by atoms with van der Waals surface area (Å²) in [6.45, 7) is 2.81. The zero-order valence-electron chi connectivity index (χ0n) is 15.8. The molecule has 1 aromatic heterocycles. The standard InChI is InChI=1S/C23H26N2O2/c1-16-9-22-11-19(22)12-23(10-16,15-22)25-21(26)18-7-8-20(24-13-18)27-14-17-5-3-2-4-6-17/h2-8,13,16,19H,9-12,14-15H2,1H3,(H,25,26). The number of carbonyl (C=O) groups is 1. The van der Waals surface area contributed by atoms with E-state index in [2.05, 4.69) is 17.2 Å². The van der Waals surface area contributed by atoms with Crippen molar-refractivity contribution in [3.8, 4) is 5.88 Å². The fraction of sp³-hybridized carbons (Fsp3) is 0.478. The van der Waals surface area contributed by atoms with Crippen LogP contribution in [0.5, 0.6) is 5.88 Å². The van der Waals surface area contributed by atoms with E-state index < -0.39 is 0 Å². The summed E-state index contributed by atoms with van der Waals surface area (Å²) < 4.78 is 5.71. The average Bonchev–Trinajstić information content (AvgIpc) is 3.22. The molecule has 2 aromatic rings. The van der Waals surface area contributed by atoms with Gasteiger partial charge in [0, 0.05) is 17.8 Å². The van der Waals surface area contributed by atoms with Crippen molar-refractivity contribution >= 4 is 5.91 Å². The van der Waals surface area contributed by atoms with Crippen LogP contribution in [0.4, 0.5) is 0 Å². The van der Waals surface area contributed by atoms with Gasteiger partial charge in [0.25, 0.3) is 5.91 Å². The lowest BCUT2D eigenvalue weighted by molar-refractivity contribution is 0.0830. The topological polar surface area (TPSA) is 51.2 Å². The lowest BCUT2D eigenvalue weighted by Crippen LogP contribution is -2.50. The monoisotopic (exact) mass is 362 g/mol. The van der Waals surface area contributed by atoms with Crippen molar-refractivity contribution in [2.45, 2.75) is 51.2 Å². The lowest BCUT2D eigenvalue weighted by Gasteiger charge is -2.40. The summed E-state index contributed by atoms with van der Waals surface area (Å²) in [6.07, 6.45) is 7.81. The van der Waals surface area contributed by atoms with Crippen LogP contribution in [0, 0.1) is 17.3 Å². The highest BCUT2D eigenvalue weighted by molar-refractivity contribution is 5.94. The van der Waals surface area contributed by atoms with Gasteiger partial charge in [-0.1, -0.05) is 37.3 Å². The van der Waals surface area contributed by atoms with Crippen LogP contribution in [0.2, 0.25) is 0 Å². The Balaban J connectivity index is 1.22. The van der Waals surface area contributed by atoms with Gasteiger partial charge in [0.1, 0.15) is 6.61 Å². The molecule has 27 heavy (non-hydrogen) atoms. The number of aromatic nitrogens is 1. The molecule has 1 heterocycles. The van der Waals surface area contributed by atoms with Gasteiger partial charge in [0.2, 0.25) is 5.88 Å². The smallest absolute Gasteiger partial charge is 0.253 e. The lowest BCUT2D eigenvalue weighted by atomic mass is 9.72. The first-order chi connectivity index (χ1) is 13.1. The Morgan fingerprint density at radius 1 is 1.15 bits per heavy atom. The minimum absolute atomic E-state index is 0.00246. The molecule has 4 atom stereocenters. The van der Waals surface area contributed by atoms with Gasteiger partial charge in [0.15, 0.2) is 0 Å². The number of hydrogen-bond acceptors (Lipinski definition) is 3. The second kappa shape index (κ2) is 6.08. The summed E-state index contributed by atoms with van der Waals surface area (Å²) in [5.74, 6) is 2.09. The predicted molar refractivity (Wildman–Crippen MR) is 103 cm³/mol. The number of nitrogens with zero attached hydrogens (tertiary/aromatic N) is 1. The van der Waals surface area contributed by atoms with Crippen LogP contribution in [0.3, 0.4) is 0 Å². The van der Waals surface area contributed by atoms with Crippen molar-refractivity contribution in [2.24, 2.45) is 17.3 Å². The summed E-state index contributed by atoms with van der Waals surface area (Å²) in [5.41, 5.74) is 2.28. The maximum absolute atomic E-state index is 12.8. The van der Waals surface area contributed by atoms with Gasteiger partial charge in [-0.15, -0.1) is 0 Å². The zero-order valence-corrected chi connectivity index (χ0v) is 15.8. The third kappa shape index (κ3) is 3.11. The molecule has 3 saturated carbocycles. The van der Waals surface area contributed by atoms with Crippen LogP contribution < -0.4 is 10.1 Å². The van der Waals surface area contributed by atoms with E-state index in [0.717, 1.165) is 24.3 Å². The Hall–Kier alpha value is -2.36. The maximum Gasteiger partial charge on any atom is 0.253 e. The molecule has 0 radical (unpaired) electrons. The Labute approximate surface area is 160 Å². The van der Waals surface area contributed by atoms with Gasteiger partial charge < -0.3 is 10.1 Å². The summed E-state index contributed by atoms with van der Waals surface area (Å²) in [5, 5.41) is 3.38. The first-order valence-electron chi connectivity index (χ1n) is 10.0. The Morgan fingerprint density at radius 3 is 2.78 bits per heavy atom. The number of amides is 1. The van der Waals surface area contributed by atoms with Gasteiger partial charge >= 0.3 is 0 Å². The second-order valence-electron chi connectivity index (χ2n) is 9.05.